The summed E-state index contributed by atoms with van der Waals surface area (Å²) in [6.07, 6.45) is 5.21. The molecule has 1 saturated heterocycles. The Bertz CT molecular complexity index is 895. The fraction of sp³-hybridized carbons (Fsp3) is 0.533. The highest BCUT2D eigenvalue weighted by molar-refractivity contribution is 7.89. The molecular formula is C15H19ClN6O2S. The smallest absolute Gasteiger partial charge is 0.246 e. The highest BCUT2D eigenvalue weighted by Gasteiger charge is 2.35. The third kappa shape index (κ3) is 3.23. The van der Waals surface area contributed by atoms with Gasteiger partial charge >= 0.3 is 0 Å². The number of sulfonamides is 1. The van der Waals surface area contributed by atoms with Gasteiger partial charge in [0, 0.05) is 31.1 Å². The fourth-order valence-corrected chi connectivity index (χ4v) is 5.00. The number of piperidine rings is 1. The molecule has 0 aromatic carbocycles. The van der Waals surface area contributed by atoms with Crippen LogP contribution in [0.4, 0.5) is 5.82 Å². The molecule has 1 unspecified atom stereocenters. The number of rotatable bonds is 4. The van der Waals surface area contributed by atoms with Gasteiger partial charge in [0.25, 0.3) is 0 Å². The molecule has 8 nitrogen and oxygen atoms in total. The van der Waals surface area contributed by atoms with E-state index in [0.717, 1.165) is 31.5 Å². The third-order valence-electron chi connectivity index (χ3n) is 4.70. The first-order valence-corrected chi connectivity index (χ1v) is 10.1. The van der Waals surface area contributed by atoms with E-state index in [-0.39, 0.29) is 21.7 Å². The second-order valence-corrected chi connectivity index (χ2v) is 8.94. The monoisotopic (exact) mass is 382 g/mol. The lowest BCUT2D eigenvalue weighted by Crippen LogP contribution is -2.39. The number of H-pyrrole nitrogens is 1. The third-order valence-corrected chi connectivity index (χ3v) is 6.80. The lowest BCUT2D eigenvalue weighted by atomic mass is 9.99. The molecule has 1 saturated carbocycles. The molecule has 3 heterocycles. The second kappa shape index (κ2) is 6.22. The molecule has 134 valence electrons. The van der Waals surface area contributed by atoms with Crippen LogP contribution in [0, 0.1) is 0 Å². The van der Waals surface area contributed by atoms with Gasteiger partial charge in [0.05, 0.1) is 5.02 Å². The van der Waals surface area contributed by atoms with Crippen molar-refractivity contribution < 1.29 is 8.42 Å². The van der Waals surface area contributed by atoms with Crippen LogP contribution in [0.3, 0.4) is 0 Å². The number of hydrogen-bond donors (Lipinski definition) is 2. The van der Waals surface area contributed by atoms with E-state index in [1.807, 2.05) is 0 Å². The van der Waals surface area contributed by atoms with Crippen molar-refractivity contribution in [1.82, 2.24) is 24.5 Å². The number of anilines is 1. The Labute approximate surface area is 150 Å². The number of pyridine rings is 1. The maximum absolute atomic E-state index is 13.0. The minimum absolute atomic E-state index is 0.0272. The fourth-order valence-electron chi connectivity index (χ4n) is 3.16. The SMILES string of the molecule is Nc1ncc(Cl)cc1S(=O)(=O)N1CCCC(c2n[nH]c(C3CC3)n2)C1. The Morgan fingerprint density at radius 3 is 2.84 bits per heavy atom. The van der Waals surface area contributed by atoms with Crippen LogP contribution in [0.1, 0.15) is 49.2 Å². The molecule has 25 heavy (non-hydrogen) atoms. The van der Waals surface area contributed by atoms with Gasteiger partial charge < -0.3 is 5.73 Å². The molecule has 10 heteroatoms. The van der Waals surface area contributed by atoms with Crippen LogP contribution in [0.2, 0.25) is 5.02 Å². The van der Waals surface area contributed by atoms with E-state index in [9.17, 15) is 8.42 Å². The van der Waals surface area contributed by atoms with E-state index in [2.05, 4.69) is 20.2 Å². The number of aromatic nitrogens is 4. The van der Waals surface area contributed by atoms with Crippen LogP contribution >= 0.6 is 11.6 Å². The van der Waals surface area contributed by atoms with Crippen molar-refractivity contribution >= 4 is 27.4 Å². The molecule has 0 spiro atoms. The predicted molar refractivity (Wildman–Crippen MR) is 92.8 cm³/mol. The minimum Gasteiger partial charge on any atom is -0.383 e. The van der Waals surface area contributed by atoms with Gasteiger partial charge in [-0.3, -0.25) is 5.10 Å². The zero-order valence-electron chi connectivity index (χ0n) is 13.5. The van der Waals surface area contributed by atoms with Gasteiger partial charge in [0.15, 0.2) is 5.82 Å². The van der Waals surface area contributed by atoms with Crippen LogP contribution < -0.4 is 5.73 Å². The normalized spacial score (nSPS) is 22.2. The molecule has 2 aliphatic rings. The summed E-state index contributed by atoms with van der Waals surface area (Å²) in [5.74, 6) is 2.03. The number of nitrogens with zero attached hydrogens (tertiary/aromatic N) is 4. The van der Waals surface area contributed by atoms with Crippen LogP contribution in [0.5, 0.6) is 0 Å². The molecule has 2 aromatic rings. The Hall–Kier alpha value is -1.71. The molecule has 1 aliphatic heterocycles. The Kier molecular flexibility index (Phi) is 4.17. The van der Waals surface area contributed by atoms with Crippen LogP contribution in [-0.4, -0.2) is 46.0 Å². The van der Waals surface area contributed by atoms with Crippen molar-refractivity contribution in [3.8, 4) is 0 Å². The number of nitrogens with one attached hydrogen (secondary N) is 1. The summed E-state index contributed by atoms with van der Waals surface area (Å²) in [6.45, 7) is 0.765. The Morgan fingerprint density at radius 1 is 1.28 bits per heavy atom. The number of nitrogens with two attached hydrogens (primary N) is 1. The van der Waals surface area contributed by atoms with Crippen LogP contribution in [0.25, 0.3) is 0 Å². The summed E-state index contributed by atoms with van der Waals surface area (Å²) in [7, 11) is -3.76. The predicted octanol–water partition coefficient (Wildman–Crippen LogP) is 1.88. The standard InChI is InChI=1S/C15H19ClN6O2S/c16-11-6-12(13(17)18-7-11)25(23,24)22-5-1-2-10(8-22)15-19-14(20-21-15)9-3-4-9/h6-7,9-10H,1-5,8H2,(H2,17,18)(H,19,20,21). The molecule has 4 rings (SSSR count). The van der Waals surface area contributed by atoms with Crippen LogP contribution in [0.15, 0.2) is 17.2 Å². The summed E-state index contributed by atoms with van der Waals surface area (Å²) in [6, 6.07) is 1.35. The Balaban J connectivity index is 1.58. The number of nitrogen functional groups attached to an aromatic ring is 1. The van der Waals surface area contributed by atoms with Crippen molar-refractivity contribution in [2.45, 2.75) is 42.4 Å². The first-order valence-electron chi connectivity index (χ1n) is 8.28. The van der Waals surface area contributed by atoms with E-state index >= 15 is 0 Å². The van der Waals surface area contributed by atoms with Gasteiger partial charge in [0.1, 0.15) is 16.5 Å². The lowest BCUT2D eigenvalue weighted by Gasteiger charge is -2.30. The summed E-state index contributed by atoms with van der Waals surface area (Å²) in [5, 5.41) is 7.54. The van der Waals surface area contributed by atoms with Gasteiger partial charge in [-0.15, -0.1) is 0 Å². The van der Waals surface area contributed by atoms with E-state index in [0.29, 0.717) is 24.8 Å². The summed E-state index contributed by atoms with van der Waals surface area (Å²) in [4.78, 5) is 8.38. The quantitative estimate of drug-likeness (QED) is 0.833. The van der Waals surface area contributed by atoms with E-state index in [1.54, 1.807) is 0 Å². The van der Waals surface area contributed by atoms with E-state index in [1.165, 1.54) is 16.6 Å². The number of aromatic amines is 1. The zero-order chi connectivity index (χ0) is 17.6. The molecule has 2 aromatic heterocycles. The molecule has 0 bridgehead atoms. The summed E-state index contributed by atoms with van der Waals surface area (Å²) in [5.41, 5.74) is 5.77. The summed E-state index contributed by atoms with van der Waals surface area (Å²) >= 11 is 5.90. The molecule has 1 atom stereocenters. The van der Waals surface area contributed by atoms with Crippen molar-refractivity contribution in [1.29, 1.82) is 0 Å². The molecule has 2 fully saturated rings. The van der Waals surface area contributed by atoms with Gasteiger partial charge in [-0.05, 0) is 31.7 Å². The molecular weight excluding hydrogens is 364 g/mol. The zero-order valence-corrected chi connectivity index (χ0v) is 15.1. The second-order valence-electron chi connectivity index (χ2n) is 6.59. The minimum atomic E-state index is -3.76. The highest BCUT2D eigenvalue weighted by atomic mass is 35.5. The van der Waals surface area contributed by atoms with Crippen LogP contribution in [-0.2, 0) is 10.0 Å². The average molecular weight is 383 g/mol. The van der Waals surface area contributed by atoms with Crippen molar-refractivity contribution in [2.24, 2.45) is 0 Å². The average Bonchev–Trinajstić information content (AvgIpc) is 3.34. The van der Waals surface area contributed by atoms with Gasteiger partial charge in [-0.1, -0.05) is 11.6 Å². The van der Waals surface area contributed by atoms with Crippen molar-refractivity contribution in [3.05, 3.63) is 28.9 Å². The van der Waals surface area contributed by atoms with E-state index < -0.39 is 10.0 Å². The maximum atomic E-state index is 13.0. The molecule has 3 N–H and O–H groups in total. The van der Waals surface area contributed by atoms with Gasteiger partial charge in [-0.25, -0.2) is 18.4 Å². The van der Waals surface area contributed by atoms with Crippen molar-refractivity contribution in [3.63, 3.8) is 0 Å². The number of hydrogen-bond acceptors (Lipinski definition) is 6. The first kappa shape index (κ1) is 16.7. The molecule has 0 radical (unpaired) electrons. The summed E-state index contributed by atoms with van der Waals surface area (Å²) < 4.78 is 27.3. The largest absolute Gasteiger partial charge is 0.383 e. The topological polar surface area (TPSA) is 118 Å². The Morgan fingerprint density at radius 2 is 2.08 bits per heavy atom. The lowest BCUT2D eigenvalue weighted by molar-refractivity contribution is 0.309. The van der Waals surface area contributed by atoms with Gasteiger partial charge in [0.2, 0.25) is 10.0 Å². The molecule has 0 amide bonds. The maximum Gasteiger partial charge on any atom is 0.246 e. The van der Waals surface area contributed by atoms with E-state index in [4.69, 9.17) is 17.3 Å². The first-order chi connectivity index (χ1) is 11.9. The van der Waals surface area contributed by atoms with Gasteiger partial charge in [-0.2, -0.15) is 9.40 Å². The highest BCUT2D eigenvalue weighted by Crippen LogP contribution is 2.38. The van der Waals surface area contributed by atoms with Crippen molar-refractivity contribution in [2.75, 3.05) is 18.8 Å². The molecule has 1 aliphatic carbocycles. The number of halogens is 1.